The Bertz CT molecular complexity index is 1380. The number of carboxylic acids is 3. The summed E-state index contributed by atoms with van der Waals surface area (Å²) in [6, 6.07) is -9.15. The van der Waals surface area contributed by atoms with E-state index in [2.05, 4.69) is 31.9 Å². The molecule has 6 amide bonds. The predicted octanol–water partition coefficient (Wildman–Crippen LogP) is 0.0969. The quantitative estimate of drug-likeness (QED) is 0.0556. The van der Waals surface area contributed by atoms with Crippen LogP contribution >= 0.6 is 0 Å². The first kappa shape index (κ1) is 51.2. The lowest BCUT2D eigenvalue weighted by atomic mass is 9.97. The Balaban J connectivity index is 6.22. The van der Waals surface area contributed by atoms with Crippen LogP contribution in [0.1, 0.15) is 108 Å². The van der Waals surface area contributed by atoms with Gasteiger partial charge in [0.05, 0.1) is 12.5 Å². The van der Waals surface area contributed by atoms with Gasteiger partial charge in [0.1, 0.15) is 36.3 Å². The summed E-state index contributed by atoms with van der Waals surface area (Å²) >= 11 is 0. The number of aliphatic carboxylic acids is 3. The van der Waals surface area contributed by atoms with Crippen LogP contribution in [-0.4, -0.2) is 111 Å². The lowest BCUT2D eigenvalue weighted by molar-refractivity contribution is -0.143. The molecular formula is C37H65N7O12. The summed E-state index contributed by atoms with van der Waals surface area (Å²) in [5, 5.41) is 43.1. The average Bonchev–Trinajstić information content (AvgIpc) is 3.05. The zero-order valence-corrected chi connectivity index (χ0v) is 34.3. The molecule has 11 N–H and O–H groups in total. The molecule has 0 saturated heterocycles. The molecule has 0 heterocycles. The van der Waals surface area contributed by atoms with Crippen molar-refractivity contribution >= 4 is 53.4 Å². The van der Waals surface area contributed by atoms with Crippen LogP contribution in [0.25, 0.3) is 0 Å². The van der Waals surface area contributed by atoms with Crippen molar-refractivity contribution in [2.45, 2.75) is 150 Å². The Morgan fingerprint density at radius 2 is 0.786 bits per heavy atom. The molecule has 0 aliphatic carbocycles. The van der Waals surface area contributed by atoms with E-state index >= 15 is 0 Å². The summed E-state index contributed by atoms with van der Waals surface area (Å²) in [7, 11) is 0. The van der Waals surface area contributed by atoms with Gasteiger partial charge in [0.2, 0.25) is 35.4 Å². The third-order valence-corrected chi connectivity index (χ3v) is 8.51. The van der Waals surface area contributed by atoms with E-state index in [1.807, 2.05) is 0 Å². The first-order valence-electron chi connectivity index (χ1n) is 19.0. The molecular weight excluding hydrogens is 734 g/mol. The van der Waals surface area contributed by atoms with Crippen LogP contribution < -0.4 is 37.6 Å². The van der Waals surface area contributed by atoms with E-state index in [9.17, 15) is 53.4 Å². The van der Waals surface area contributed by atoms with Gasteiger partial charge in [-0.1, -0.05) is 69.2 Å². The smallest absolute Gasteiger partial charge is 0.326 e. The molecule has 0 spiro atoms. The van der Waals surface area contributed by atoms with E-state index in [4.69, 9.17) is 10.8 Å². The maximum absolute atomic E-state index is 13.7. The third kappa shape index (κ3) is 19.7. The number of carbonyl (C=O) groups excluding carboxylic acids is 6. The van der Waals surface area contributed by atoms with Crippen LogP contribution in [-0.2, 0) is 43.2 Å². The maximum atomic E-state index is 13.7. The first-order chi connectivity index (χ1) is 25.8. The number of nitrogens with one attached hydrogen (secondary N) is 6. The highest BCUT2D eigenvalue weighted by Crippen LogP contribution is 2.13. The molecule has 320 valence electrons. The van der Waals surface area contributed by atoms with Crippen LogP contribution in [0.5, 0.6) is 0 Å². The highest BCUT2D eigenvalue weighted by Gasteiger charge is 2.36. The topological polar surface area (TPSA) is 313 Å². The number of hydrogen-bond acceptors (Lipinski definition) is 10. The molecule has 0 aliphatic rings. The van der Waals surface area contributed by atoms with Crippen LogP contribution in [0.2, 0.25) is 0 Å². The van der Waals surface area contributed by atoms with Crippen LogP contribution in [0, 0.1) is 29.6 Å². The van der Waals surface area contributed by atoms with E-state index in [1.165, 1.54) is 0 Å². The minimum Gasteiger partial charge on any atom is -0.481 e. The predicted molar refractivity (Wildman–Crippen MR) is 204 cm³/mol. The standard InChI is InChI=1S/C37H65N7O12/c1-17(2)13-23(32(50)42-26(37(55)56)15-19(5)6)39-33(51)25(16-28(47)48)41-36(54)30(21(9)10)44-34(52)24(14-18(3)4)40-35(53)29(20(7)8)43-31(49)22(38)11-12-27(45)46/h17-26,29-30H,11-16,38H2,1-10H3,(H,39,51)(H,40,53)(H,41,54)(H,42,50)(H,43,49)(H,44,52)(H,45,46)(H,47,48)(H,55,56)/t22-,23-,24-,25-,26-,29-,30-/m0/s1. The molecule has 0 radical (unpaired) electrons. The fourth-order valence-corrected chi connectivity index (χ4v) is 5.54. The number of amides is 6. The summed E-state index contributed by atoms with van der Waals surface area (Å²) in [6.45, 7) is 17.1. The van der Waals surface area contributed by atoms with Gasteiger partial charge >= 0.3 is 17.9 Å². The van der Waals surface area contributed by atoms with Crippen molar-refractivity contribution in [3.8, 4) is 0 Å². The van der Waals surface area contributed by atoms with Gasteiger partial charge in [-0.3, -0.25) is 38.4 Å². The summed E-state index contributed by atoms with van der Waals surface area (Å²) in [5.74, 6) is -10.4. The van der Waals surface area contributed by atoms with Crippen molar-refractivity contribution in [3.05, 3.63) is 0 Å². The normalized spacial score (nSPS) is 15.2. The fourth-order valence-electron chi connectivity index (χ4n) is 5.54. The van der Waals surface area contributed by atoms with Crippen molar-refractivity contribution < 1.29 is 58.5 Å². The number of carbonyl (C=O) groups is 9. The largest absolute Gasteiger partial charge is 0.481 e. The molecule has 0 aromatic carbocycles. The van der Waals surface area contributed by atoms with Crippen molar-refractivity contribution in [2.24, 2.45) is 35.3 Å². The molecule has 0 rings (SSSR count). The molecule has 0 bridgehead atoms. The molecule has 0 saturated carbocycles. The third-order valence-electron chi connectivity index (χ3n) is 8.51. The van der Waals surface area contributed by atoms with Gasteiger partial charge in [0.15, 0.2) is 0 Å². The van der Waals surface area contributed by atoms with Crippen molar-refractivity contribution in [2.75, 3.05) is 0 Å². The number of hydrogen-bond donors (Lipinski definition) is 10. The lowest BCUT2D eigenvalue weighted by Gasteiger charge is -2.30. The van der Waals surface area contributed by atoms with E-state index in [-0.39, 0.29) is 49.9 Å². The van der Waals surface area contributed by atoms with Crippen molar-refractivity contribution in [1.29, 1.82) is 0 Å². The van der Waals surface area contributed by atoms with Crippen LogP contribution in [0.4, 0.5) is 0 Å². The van der Waals surface area contributed by atoms with Gasteiger partial charge in [0, 0.05) is 6.42 Å². The van der Waals surface area contributed by atoms with Crippen LogP contribution in [0.3, 0.4) is 0 Å². The van der Waals surface area contributed by atoms with Gasteiger partial charge in [-0.25, -0.2) is 4.79 Å². The van der Waals surface area contributed by atoms with Crippen LogP contribution in [0.15, 0.2) is 0 Å². The lowest BCUT2D eigenvalue weighted by Crippen LogP contribution is -2.61. The van der Waals surface area contributed by atoms with Crippen molar-refractivity contribution in [1.82, 2.24) is 31.9 Å². The Kier molecular flexibility index (Phi) is 22.5. The second kappa shape index (κ2) is 24.7. The number of nitrogens with two attached hydrogens (primary N) is 1. The van der Waals surface area contributed by atoms with E-state index in [0.717, 1.165) is 0 Å². The SMILES string of the molecule is CC(C)C[C@H](NC(=O)[C@H](CC(C)C)NC(=O)[C@H](CC(=O)O)NC(=O)[C@@H](NC(=O)[C@H](CC(C)C)NC(=O)[C@@H](NC(=O)[C@@H](N)CCC(=O)O)C(C)C)C(C)C)C(=O)O. The summed E-state index contributed by atoms with van der Waals surface area (Å²) in [4.78, 5) is 115. The van der Waals surface area contributed by atoms with Gasteiger partial charge < -0.3 is 53.0 Å². The molecule has 0 aromatic rings. The van der Waals surface area contributed by atoms with E-state index in [0.29, 0.717) is 0 Å². The Morgan fingerprint density at radius 1 is 0.446 bits per heavy atom. The molecule has 0 fully saturated rings. The zero-order chi connectivity index (χ0) is 43.6. The molecule has 0 aliphatic heterocycles. The summed E-state index contributed by atoms with van der Waals surface area (Å²) in [6.07, 6.45) is -1.15. The van der Waals surface area contributed by atoms with Gasteiger partial charge in [-0.15, -0.1) is 0 Å². The van der Waals surface area contributed by atoms with E-state index in [1.54, 1.807) is 69.2 Å². The highest BCUT2D eigenvalue weighted by atomic mass is 16.4. The Hall–Kier alpha value is -4.81. The first-order valence-corrected chi connectivity index (χ1v) is 19.0. The monoisotopic (exact) mass is 799 g/mol. The Labute approximate surface area is 328 Å². The summed E-state index contributed by atoms with van der Waals surface area (Å²) < 4.78 is 0. The molecule has 0 unspecified atom stereocenters. The highest BCUT2D eigenvalue weighted by molar-refractivity contribution is 5.98. The van der Waals surface area contributed by atoms with Gasteiger partial charge in [-0.2, -0.15) is 0 Å². The zero-order valence-electron chi connectivity index (χ0n) is 34.3. The minimum atomic E-state index is -1.71. The second-order valence-corrected chi connectivity index (χ2v) is 16.1. The molecule has 19 heteroatoms. The van der Waals surface area contributed by atoms with Gasteiger partial charge in [0.25, 0.3) is 0 Å². The Morgan fingerprint density at radius 3 is 1.16 bits per heavy atom. The van der Waals surface area contributed by atoms with Gasteiger partial charge in [-0.05, 0) is 55.3 Å². The number of carboxylic acid groups (broad SMARTS) is 3. The minimum absolute atomic E-state index is 0.0613. The average molecular weight is 800 g/mol. The second-order valence-electron chi connectivity index (χ2n) is 16.1. The maximum Gasteiger partial charge on any atom is 0.326 e. The summed E-state index contributed by atoms with van der Waals surface area (Å²) in [5.41, 5.74) is 5.81. The van der Waals surface area contributed by atoms with Crippen molar-refractivity contribution in [3.63, 3.8) is 0 Å². The molecule has 56 heavy (non-hydrogen) atoms. The number of rotatable bonds is 26. The molecule has 7 atom stereocenters. The fraction of sp³-hybridized carbons (Fsp3) is 0.757. The molecule has 0 aromatic heterocycles. The molecule has 19 nitrogen and oxygen atoms in total. The van der Waals surface area contributed by atoms with E-state index < -0.39 is 114 Å².